The van der Waals surface area contributed by atoms with Crippen LogP contribution >= 0.6 is 11.3 Å². The zero-order valence-electron chi connectivity index (χ0n) is 14.7. The van der Waals surface area contributed by atoms with Crippen molar-refractivity contribution in [2.75, 3.05) is 13.8 Å². The second-order valence-electron chi connectivity index (χ2n) is 6.53. The molecule has 6 nitrogen and oxygen atoms in total. The largest absolute Gasteiger partial charge is 0.454 e. The van der Waals surface area contributed by atoms with Gasteiger partial charge in [0, 0.05) is 30.6 Å². The Morgan fingerprint density at radius 1 is 1.11 bits per heavy atom. The minimum atomic E-state index is 0.261. The monoisotopic (exact) mass is 379 g/mol. The van der Waals surface area contributed by atoms with Crippen LogP contribution in [0.5, 0.6) is 11.5 Å². The minimum absolute atomic E-state index is 0.261. The van der Waals surface area contributed by atoms with Crippen molar-refractivity contribution < 1.29 is 14.0 Å². The average Bonchev–Trinajstić information content (AvgIpc) is 3.41. The number of pyridine rings is 1. The van der Waals surface area contributed by atoms with Crippen LogP contribution in [0.3, 0.4) is 0 Å². The molecule has 0 aliphatic carbocycles. The Bertz CT molecular complexity index is 1080. The molecule has 0 amide bonds. The number of fused-ring (bicyclic) bond motifs is 2. The second-order valence-corrected chi connectivity index (χ2v) is 7.48. The Morgan fingerprint density at radius 2 is 2.00 bits per heavy atom. The Morgan fingerprint density at radius 3 is 2.78 bits per heavy atom. The van der Waals surface area contributed by atoms with Gasteiger partial charge in [0.05, 0.1) is 21.8 Å². The molecule has 7 heteroatoms. The van der Waals surface area contributed by atoms with Gasteiger partial charge in [-0.3, -0.25) is 4.90 Å². The maximum Gasteiger partial charge on any atom is 0.231 e. The van der Waals surface area contributed by atoms with Gasteiger partial charge in [0.25, 0.3) is 0 Å². The molecule has 4 aromatic rings. The van der Waals surface area contributed by atoms with Gasteiger partial charge in [-0.05, 0) is 36.2 Å². The second kappa shape index (κ2) is 6.68. The van der Waals surface area contributed by atoms with Crippen molar-refractivity contribution in [1.29, 1.82) is 0 Å². The normalized spacial score (nSPS) is 13.0. The average molecular weight is 379 g/mol. The van der Waals surface area contributed by atoms with Gasteiger partial charge >= 0.3 is 0 Å². The van der Waals surface area contributed by atoms with Gasteiger partial charge in [0.1, 0.15) is 6.26 Å². The zero-order valence-corrected chi connectivity index (χ0v) is 15.5. The van der Waals surface area contributed by atoms with E-state index in [1.54, 1.807) is 17.6 Å². The first-order valence-corrected chi connectivity index (χ1v) is 9.49. The Labute approximate surface area is 159 Å². The predicted molar refractivity (Wildman–Crippen MR) is 103 cm³/mol. The van der Waals surface area contributed by atoms with E-state index in [1.165, 1.54) is 0 Å². The molecular formula is C20H17N3O3S. The Balaban J connectivity index is 1.56. The van der Waals surface area contributed by atoms with Gasteiger partial charge in [0.2, 0.25) is 6.79 Å². The number of thiophene rings is 1. The number of benzene rings is 1. The van der Waals surface area contributed by atoms with Crippen molar-refractivity contribution in [2.24, 2.45) is 0 Å². The molecule has 1 aliphatic heterocycles. The molecule has 3 aromatic heterocycles. The summed E-state index contributed by atoms with van der Waals surface area (Å²) in [6.45, 7) is 1.72. The number of ether oxygens (including phenoxy) is 2. The molecule has 1 aromatic carbocycles. The summed E-state index contributed by atoms with van der Waals surface area (Å²) in [6.07, 6.45) is 1.60. The molecule has 0 spiro atoms. The highest BCUT2D eigenvalue weighted by Crippen LogP contribution is 2.38. The molecule has 5 rings (SSSR count). The van der Waals surface area contributed by atoms with Gasteiger partial charge in [-0.25, -0.2) is 4.98 Å². The summed E-state index contributed by atoms with van der Waals surface area (Å²) in [5.41, 5.74) is 3.98. The molecule has 136 valence electrons. The number of hydrogen-bond acceptors (Lipinski definition) is 7. The summed E-state index contributed by atoms with van der Waals surface area (Å²) in [6, 6.07) is 12.2. The van der Waals surface area contributed by atoms with Crippen LogP contribution in [0.2, 0.25) is 0 Å². The Kier molecular flexibility index (Phi) is 4.03. The number of nitrogens with zero attached hydrogens (tertiary/aromatic N) is 3. The van der Waals surface area contributed by atoms with Crippen molar-refractivity contribution in [3.8, 4) is 22.1 Å². The molecule has 0 saturated carbocycles. The van der Waals surface area contributed by atoms with E-state index in [2.05, 4.69) is 40.7 Å². The Hall–Kier alpha value is -2.90. The van der Waals surface area contributed by atoms with Crippen molar-refractivity contribution in [3.63, 3.8) is 0 Å². The van der Waals surface area contributed by atoms with Crippen LogP contribution in [0.4, 0.5) is 0 Å². The molecule has 0 unspecified atom stereocenters. The van der Waals surface area contributed by atoms with Gasteiger partial charge in [-0.15, -0.1) is 11.3 Å². The van der Waals surface area contributed by atoms with Gasteiger partial charge in [0.15, 0.2) is 11.5 Å². The van der Waals surface area contributed by atoms with Crippen molar-refractivity contribution in [3.05, 3.63) is 59.3 Å². The van der Waals surface area contributed by atoms with Gasteiger partial charge < -0.3 is 14.0 Å². The van der Waals surface area contributed by atoms with E-state index in [-0.39, 0.29) is 6.79 Å². The fourth-order valence-electron chi connectivity index (χ4n) is 3.30. The lowest BCUT2D eigenvalue weighted by molar-refractivity contribution is 0.174. The first-order valence-electron chi connectivity index (χ1n) is 8.61. The lowest BCUT2D eigenvalue weighted by Gasteiger charge is -2.18. The van der Waals surface area contributed by atoms with E-state index in [9.17, 15) is 0 Å². The van der Waals surface area contributed by atoms with Gasteiger partial charge in [-0.2, -0.15) is 0 Å². The highest BCUT2D eigenvalue weighted by atomic mass is 32.1. The van der Waals surface area contributed by atoms with E-state index < -0.39 is 0 Å². The SMILES string of the molecule is CN(Cc1ccon1)Cc1cc2cc3c(cc2nc1-c1cccs1)OCO3. The third kappa shape index (κ3) is 3.15. The highest BCUT2D eigenvalue weighted by Gasteiger charge is 2.18. The summed E-state index contributed by atoms with van der Waals surface area (Å²) < 4.78 is 16.0. The quantitative estimate of drug-likeness (QED) is 0.515. The van der Waals surface area contributed by atoms with Crippen LogP contribution in [0, 0.1) is 0 Å². The summed E-state index contributed by atoms with van der Waals surface area (Å²) in [7, 11) is 2.07. The lowest BCUT2D eigenvalue weighted by atomic mass is 10.1. The van der Waals surface area contributed by atoms with Crippen LogP contribution in [0.15, 0.2) is 52.6 Å². The maximum atomic E-state index is 5.52. The lowest BCUT2D eigenvalue weighted by Crippen LogP contribution is -2.18. The molecule has 0 atom stereocenters. The van der Waals surface area contributed by atoms with Crippen molar-refractivity contribution >= 4 is 22.2 Å². The molecule has 0 bridgehead atoms. The van der Waals surface area contributed by atoms with E-state index >= 15 is 0 Å². The van der Waals surface area contributed by atoms with Crippen LogP contribution in [0.1, 0.15) is 11.3 Å². The molecule has 0 saturated heterocycles. The van der Waals surface area contributed by atoms with Crippen LogP contribution in [-0.4, -0.2) is 28.9 Å². The third-order valence-corrected chi connectivity index (χ3v) is 5.38. The topological polar surface area (TPSA) is 60.6 Å². The zero-order chi connectivity index (χ0) is 18.2. The number of rotatable bonds is 5. The third-order valence-electron chi connectivity index (χ3n) is 4.51. The first kappa shape index (κ1) is 16.3. The molecule has 1 aliphatic rings. The van der Waals surface area contributed by atoms with Crippen LogP contribution in [0.25, 0.3) is 21.5 Å². The molecule has 0 radical (unpaired) electrons. The maximum absolute atomic E-state index is 5.52. The van der Waals surface area contributed by atoms with E-state index in [0.29, 0.717) is 6.54 Å². The molecule has 0 fully saturated rings. The summed E-state index contributed by atoms with van der Waals surface area (Å²) in [5, 5.41) is 7.12. The molecular weight excluding hydrogens is 362 g/mol. The molecule has 27 heavy (non-hydrogen) atoms. The van der Waals surface area contributed by atoms with Gasteiger partial charge in [-0.1, -0.05) is 11.2 Å². The van der Waals surface area contributed by atoms with Crippen molar-refractivity contribution in [1.82, 2.24) is 15.0 Å². The van der Waals surface area contributed by atoms with Crippen LogP contribution < -0.4 is 9.47 Å². The van der Waals surface area contributed by atoms with Crippen molar-refractivity contribution in [2.45, 2.75) is 13.1 Å². The summed E-state index contributed by atoms with van der Waals surface area (Å²) >= 11 is 1.69. The highest BCUT2D eigenvalue weighted by molar-refractivity contribution is 7.13. The number of aromatic nitrogens is 2. The van der Waals surface area contributed by atoms with E-state index in [0.717, 1.165) is 50.8 Å². The minimum Gasteiger partial charge on any atom is -0.454 e. The number of hydrogen-bond donors (Lipinski definition) is 0. The van der Waals surface area contributed by atoms with E-state index in [1.807, 2.05) is 18.2 Å². The van der Waals surface area contributed by atoms with Crippen LogP contribution in [-0.2, 0) is 13.1 Å². The summed E-state index contributed by atoms with van der Waals surface area (Å²) in [4.78, 5) is 8.31. The molecule has 0 N–H and O–H groups in total. The summed E-state index contributed by atoms with van der Waals surface area (Å²) in [5.74, 6) is 1.53. The fourth-order valence-corrected chi connectivity index (χ4v) is 4.05. The predicted octanol–water partition coefficient (Wildman–Crippen LogP) is 4.31. The molecule has 4 heterocycles. The fraction of sp³-hybridized carbons (Fsp3) is 0.200. The smallest absolute Gasteiger partial charge is 0.231 e. The van der Waals surface area contributed by atoms with E-state index in [4.69, 9.17) is 19.0 Å². The standard InChI is InChI=1S/C20H17N3O3S/c1-23(11-15-4-5-26-22-15)10-14-7-13-8-17-18(25-12-24-17)9-16(13)21-20(14)19-3-2-6-27-19/h2-9H,10-12H2,1H3. The first-order chi connectivity index (χ1) is 13.3.